The zero-order chi connectivity index (χ0) is 19.3. The zero-order valence-electron chi connectivity index (χ0n) is 16.0. The Bertz CT molecular complexity index is 872. The van der Waals surface area contributed by atoms with E-state index in [9.17, 15) is 5.11 Å². The van der Waals surface area contributed by atoms with Crippen molar-refractivity contribution in [3.8, 4) is 17.1 Å². The number of hydrogen-bond acceptors (Lipinski definition) is 6. The Hall–Kier alpha value is -2.70. The van der Waals surface area contributed by atoms with Gasteiger partial charge in [-0.1, -0.05) is 35.5 Å². The lowest BCUT2D eigenvalue weighted by molar-refractivity contribution is 0.0538. The fourth-order valence-electron chi connectivity index (χ4n) is 3.72. The molecule has 6 heteroatoms. The van der Waals surface area contributed by atoms with E-state index in [0.29, 0.717) is 18.3 Å². The van der Waals surface area contributed by atoms with E-state index in [4.69, 9.17) is 9.26 Å². The molecule has 2 heterocycles. The van der Waals surface area contributed by atoms with Crippen LogP contribution in [0.4, 0.5) is 0 Å². The van der Waals surface area contributed by atoms with Crippen LogP contribution in [0, 0.1) is 5.92 Å². The summed E-state index contributed by atoms with van der Waals surface area (Å²) in [6.07, 6.45) is 1.51. The highest BCUT2D eigenvalue weighted by Crippen LogP contribution is 2.31. The van der Waals surface area contributed by atoms with Crippen molar-refractivity contribution >= 4 is 0 Å². The van der Waals surface area contributed by atoms with E-state index in [1.807, 2.05) is 54.6 Å². The summed E-state index contributed by atoms with van der Waals surface area (Å²) in [5.41, 5.74) is 1.91. The molecular formula is C22H25N3O3. The van der Waals surface area contributed by atoms with Gasteiger partial charge in [-0.15, -0.1) is 0 Å². The molecule has 2 aromatic carbocycles. The number of likely N-dealkylation sites (tertiary alicyclic amines) is 1. The Morgan fingerprint density at radius 2 is 1.82 bits per heavy atom. The largest absolute Gasteiger partial charge is 0.497 e. The first kappa shape index (κ1) is 18.7. The van der Waals surface area contributed by atoms with Gasteiger partial charge in [0, 0.05) is 5.56 Å². The summed E-state index contributed by atoms with van der Waals surface area (Å²) in [4.78, 5) is 6.83. The van der Waals surface area contributed by atoms with E-state index in [-0.39, 0.29) is 5.92 Å². The molecule has 1 N–H and O–H groups in total. The van der Waals surface area contributed by atoms with E-state index in [1.165, 1.54) is 0 Å². The third-order valence-corrected chi connectivity index (χ3v) is 5.40. The van der Waals surface area contributed by atoms with Crippen LogP contribution in [0.3, 0.4) is 0 Å². The van der Waals surface area contributed by atoms with Crippen LogP contribution in [-0.2, 0) is 6.54 Å². The van der Waals surface area contributed by atoms with Gasteiger partial charge in [0.15, 0.2) is 0 Å². The summed E-state index contributed by atoms with van der Waals surface area (Å²) in [6.45, 7) is 2.46. The van der Waals surface area contributed by atoms with Gasteiger partial charge in [-0.2, -0.15) is 4.98 Å². The van der Waals surface area contributed by atoms with Crippen LogP contribution >= 0.6 is 0 Å². The molecule has 0 bridgehead atoms. The Labute approximate surface area is 164 Å². The first-order valence-electron chi connectivity index (χ1n) is 9.65. The minimum atomic E-state index is -0.395. The molecule has 146 valence electrons. The predicted molar refractivity (Wildman–Crippen MR) is 106 cm³/mol. The SMILES string of the molecule is COc1ccc(-c2noc(CN3CCC(C(O)c4ccccc4)CC3)n2)cc1. The van der Waals surface area contributed by atoms with Crippen molar-refractivity contribution in [1.29, 1.82) is 0 Å². The Morgan fingerprint density at radius 3 is 2.50 bits per heavy atom. The van der Waals surface area contributed by atoms with Gasteiger partial charge in [-0.05, 0) is 61.7 Å². The molecule has 1 aliphatic heterocycles. The summed E-state index contributed by atoms with van der Waals surface area (Å²) in [5, 5.41) is 14.7. The van der Waals surface area contributed by atoms with Crippen LogP contribution in [0.15, 0.2) is 59.1 Å². The van der Waals surface area contributed by atoms with E-state index < -0.39 is 6.10 Å². The molecule has 0 aliphatic carbocycles. The number of rotatable bonds is 6. The molecule has 0 radical (unpaired) electrons. The molecule has 0 spiro atoms. The zero-order valence-corrected chi connectivity index (χ0v) is 16.0. The molecular weight excluding hydrogens is 354 g/mol. The van der Waals surface area contributed by atoms with Crippen molar-refractivity contribution in [2.45, 2.75) is 25.5 Å². The third-order valence-electron chi connectivity index (χ3n) is 5.40. The summed E-state index contributed by atoms with van der Waals surface area (Å²) in [7, 11) is 1.64. The molecule has 0 saturated carbocycles. The minimum absolute atomic E-state index is 0.288. The number of piperidine rings is 1. The number of ether oxygens (including phenoxy) is 1. The van der Waals surface area contributed by atoms with Crippen LogP contribution in [-0.4, -0.2) is 40.3 Å². The molecule has 6 nitrogen and oxygen atoms in total. The van der Waals surface area contributed by atoms with Gasteiger partial charge < -0.3 is 14.4 Å². The highest BCUT2D eigenvalue weighted by Gasteiger charge is 2.27. The van der Waals surface area contributed by atoms with Gasteiger partial charge in [0.2, 0.25) is 11.7 Å². The Morgan fingerprint density at radius 1 is 1.11 bits per heavy atom. The number of benzene rings is 2. The van der Waals surface area contributed by atoms with Crippen molar-refractivity contribution in [3.63, 3.8) is 0 Å². The fourth-order valence-corrected chi connectivity index (χ4v) is 3.72. The van der Waals surface area contributed by atoms with Crippen molar-refractivity contribution in [2.24, 2.45) is 5.92 Å². The topological polar surface area (TPSA) is 71.6 Å². The molecule has 28 heavy (non-hydrogen) atoms. The maximum absolute atomic E-state index is 10.6. The highest BCUT2D eigenvalue weighted by atomic mass is 16.5. The quantitative estimate of drug-likeness (QED) is 0.704. The Kier molecular flexibility index (Phi) is 5.69. The first-order chi connectivity index (χ1) is 13.7. The molecule has 3 aromatic rings. The number of aliphatic hydroxyl groups is 1. The van der Waals surface area contributed by atoms with E-state index in [2.05, 4.69) is 15.0 Å². The number of nitrogens with zero attached hydrogens (tertiary/aromatic N) is 3. The van der Waals surface area contributed by atoms with Crippen molar-refractivity contribution < 1.29 is 14.4 Å². The van der Waals surface area contributed by atoms with Gasteiger partial charge in [0.05, 0.1) is 19.8 Å². The maximum atomic E-state index is 10.6. The highest BCUT2D eigenvalue weighted by molar-refractivity contribution is 5.55. The lowest BCUT2D eigenvalue weighted by Crippen LogP contribution is -2.35. The second-order valence-corrected chi connectivity index (χ2v) is 7.21. The number of hydrogen-bond donors (Lipinski definition) is 1. The van der Waals surface area contributed by atoms with Gasteiger partial charge in [-0.3, -0.25) is 4.90 Å². The minimum Gasteiger partial charge on any atom is -0.497 e. The van der Waals surface area contributed by atoms with E-state index in [0.717, 1.165) is 42.8 Å². The maximum Gasteiger partial charge on any atom is 0.241 e. The summed E-state index contributed by atoms with van der Waals surface area (Å²) >= 11 is 0. The summed E-state index contributed by atoms with van der Waals surface area (Å²) in [5.74, 6) is 2.30. The summed E-state index contributed by atoms with van der Waals surface area (Å²) < 4.78 is 10.6. The number of aliphatic hydroxyl groups excluding tert-OH is 1. The smallest absolute Gasteiger partial charge is 0.241 e. The van der Waals surface area contributed by atoms with Gasteiger partial charge in [0.25, 0.3) is 0 Å². The normalized spacial score (nSPS) is 16.8. The van der Waals surface area contributed by atoms with Crippen molar-refractivity contribution in [3.05, 3.63) is 66.1 Å². The molecule has 1 fully saturated rings. The molecule has 4 rings (SSSR count). The average Bonchev–Trinajstić information content (AvgIpc) is 3.23. The first-order valence-corrected chi connectivity index (χ1v) is 9.65. The van der Waals surface area contributed by atoms with Crippen LogP contribution in [0.25, 0.3) is 11.4 Å². The third kappa shape index (κ3) is 4.24. The van der Waals surface area contributed by atoms with Crippen LogP contribution in [0.2, 0.25) is 0 Å². The van der Waals surface area contributed by atoms with Crippen LogP contribution < -0.4 is 4.74 Å². The molecule has 1 unspecified atom stereocenters. The lowest BCUT2D eigenvalue weighted by atomic mass is 9.87. The molecule has 1 atom stereocenters. The summed E-state index contributed by atoms with van der Waals surface area (Å²) in [6, 6.07) is 17.5. The van der Waals surface area contributed by atoms with Crippen molar-refractivity contribution in [1.82, 2.24) is 15.0 Å². The van der Waals surface area contributed by atoms with Crippen LogP contribution in [0.1, 0.15) is 30.4 Å². The standard InChI is InChI=1S/C22H25N3O3/c1-27-19-9-7-18(8-10-19)22-23-20(28-24-22)15-25-13-11-17(12-14-25)21(26)16-5-3-2-4-6-16/h2-10,17,21,26H,11-15H2,1H3. The predicted octanol–water partition coefficient (Wildman–Crippen LogP) is 3.69. The van der Waals surface area contributed by atoms with Gasteiger partial charge in [-0.25, -0.2) is 0 Å². The van der Waals surface area contributed by atoms with Crippen molar-refractivity contribution in [2.75, 3.05) is 20.2 Å². The molecule has 1 aromatic heterocycles. The fraction of sp³-hybridized carbons (Fsp3) is 0.364. The Balaban J connectivity index is 1.32. The molecule has 1 saturated heterocycles. The molecule has 1 aliphatic rings. The second-order valence-electron chi connectivity index (χ2n) is 7.21. The number of methoxy groups -OCH3 is 1. The van der Waals surface area contributed by atoms with Gasteiger partial charge >= 0.3 is 0 Å². The van der Waals surface area contributed by atoms with Crippen LogP contribution in [0.5, 0.6) is 5.75 Å². The van der Waals surface area contributed by atoms with Gasteiger partial charge in [0.1, 0.15) is 5.75 Å². The second kappa shape index (κ2) is 8.54. The monoisotopic (exact) mass is 379 g/mol. The molecule has 0 amide bonds. The number of aromatic nitrogens is 2. The van der Waals surface area contributed by atoms with E-state index >= 15 is 0 Å². The average molecular weight is 379 g/mol. The van der Waals surface area contributed by atoms with E-state index in [1.54, 1.807) is 7.11 Å². The lowest BCUT2D eigenvalue weighted by Gasteiger charge is -2.33.